The Hall–Kier alpha value is -1.10. The molecule has 3 unspecified atom stereocenters. The zero-order chi connectivity index (χ0) is 13.2. The molecule has 0 spiro atoms. The van der Waals surface area contributed by atoms with Crippen molar-refractivity contribution >= 4 is 0 Å². The SMILES string of the molecule is Cc1ccccc1OC1CCOC2CO[C@@H](C)OC21. The minimum atomic E-state index is -0.189. The molecule has 0 bridgehead atoms. The first-order valence-corrected chi connectivity index (χ1v) is 6.85. The van der Waals surface area contributed by atoms with Crippen LogP contribution in [0, 0.1) is 6.92 Å². The van der Waals surface area contributed by atoms with Crippen LogP contribution in [0.25, 0.3) is 0 Å². The van der Waals surface area contributed by atoms with Crippen LogP contribution in [0.1, 0.15) is 18.9 Å². The molecule has 4 heteroatoms. The lowest BCUT2D eigenvalue weighted by molar-refractivity contribution is -0.285. The van der Waals surface area contributed by atoms with E-state index in [2.05, 4.69) is 13.0 Å². The van der Waals surface area contributed by atoms with Crippen molar-refractivity contribution in [3.63, 3.8) is 0 Å². The highest BCUT2D eigenvalue weighted by Crippen LogP contribution is 2.29. The van der Waals surface area contributed by atoms with Crippen molar-refractivity contribution in [3.05, 3.63) is 29.8 Å². The third kappa shape index (κ3) is 2.76. The molecule has 0 radical (unpaired) electrons. The Kier molecular flexibility index (Phi) is 3.73. The third-order valence-electron chi connectivity index (χ3n) is 3.68. The number of benzene rings is 1. The van der Waals surface area contributed by atoms with E-state index in [1.54, 1.807) is 0 Å². The molecule has 0 aliphatic carbocycles. The summed E-state index contributed by atoms with van der Waals surface area (Å²) in [6.45, 7) is 5.24. The van der Waals surface area contributed by atoms with Crippen molar-refractivity contribution in [2.45, 2.75) is 44.9 Å². The van der Waals surface area contributed by atoms with Crippen LogP contribution in [0.2, 0.25) is 0 Å². The van der Waals surface area contributed by atoms with E-state index in [9.17, 15) is 0 Å². The van der Waals surface area contributed by atoms with E-state index in [0.29, 0.717) is 13.2 Å². The highest BCUT2D eigenvalue weighted by atomic mass is 16.7. The van der Waals surface area contributed by atoms with Gasteiger partial charge in [-0.05, 0) is 25.5 Å². The van der Waals surface area contributed by atoms with Crippen LogP contribution in [0.15, 0.2) is 24.3 Å². The lowest BCUT2D eigenvalue weighted by atomic mass is 10.0. The average Bonchev–Trinajstić information content (AvgIpc) is 2.42. The van der Waals surface area contributed by atoms with E-state index in [1.807, 2.05) is 25.1 Å². The van der Waals surface area contributed by atoms with Crippen molar-refractivity contribution < 1.29 is 18.9 Å². The maximum atomic E-state index is 6.14. The van der Waals surface area contributed by atoms with Gasteiger partial charge >= 0.3 is 0 Å². The van der Waals surface area contributed by atoms with Gasteiger partial charge in [0.05, 0.1) is 13.2 Å². The van der Waals surface area contributed by atoms with E-state index in [1.165, 1.54) is 0 Å². The number of hydrogen-bond acceptors (Lipinski definition) is 4. The van der Waals surface area contributed by atoms with Crippen LogP contribution in [0.5, 0.6) is 5.75 Å². The maximum Gasteiger partial charge on any atom is 0.155 e. The zero-order valence-electron chi connectivity index (χ0n) is 11.4. The second-order valence-electron chi connectivity index (χ2n) is 5.12. The van der Waals surface area contributed by atoms with Crippen molar-refractivity contribution in [2.24, 2.45) is 0 Å². The zero-order valence-corrected chi connectivity index (χ0v) is 11.4. The number of aryl methyl sites for hydroxylation is 1. The highest BCUT2D eigenvalue weighted by Gasteiger charge is 2.41. The van der Waals surface area contributed by atoms with Crippen LogP contribution in [-0.4, -0.2) is 37.8 Å². The van der Waals surface area contributed by atoms with E-state index in [4.69, 9.17) is 18.9 Å². The van der Waals surface area contributed by atoms with Gasteiger partial charge in [0, 0.05) is 6.42 Å². The van der Waals surface area contributed by atoms with Crippen LogP contribution < -0.4 is 4.74 Å². The minimum absolute atomic E-state index is 0.0148. The summed E-state index contributed by atoms with van der Waals surface area (Å²) >= 11 is 0. The largest absolute Gasteiger partial charge is 0.487 e. The van der Waals surface area contributed by atoms with Gasteiger partial charge in [-0.1, -0.05) is 18.2 Å². The molecule has 0 amide bonds. The molecule has 2 aliphatic rings. The van der Waals surface area contributed by atoms with Crippen molar-refractivity contribution in [1.29, 1.82) is 0 Å². The number of hydrogen-bond donors (Lipinski definition) is 0. The Labute approximate surface area is 113 Å². The fourth-order valence-corrected chi connectivity index (χ4v) is 2.62. The van der Waals surface area contributed by atoms with Crippen LogP contribution >= 0.6 is 0 Å². The molecule has 0 saturated carbocycles. The molecule has 2 heterocycles. The normalized spacial score (nSPS) is 34.6. The van der Waals surface area contributed by atoms with Crippen LogP contribution in [-0.2, 0) is 14.2 Å². The standard InChI is InChI=1S/C15H20O4/c1-10-5-3-4-6-12(10)19-13-7-8-16-14-9-17-11(2)18-15(13)14/h3-6,11,13-15H,7-9H2,1-2H3/t11-,13?,14?,15?/m1/s1. The molecular weight excluding hydrogens is 244 g/mol. The molecule has 4 atom stereocenters. The smallest absolute Gasteiger partial charge is 0.155 e. The van der Waals surface area contributed by atoms with Gasteiger partial charge < -0.3 is 18.9 Å². The molecule has 3 rings (SSSR count). The second kappa shape index (κ2) is 5.49. The average molecular weight is 264 g/mol. The van der Waals surface area contributed by atoms with Crippen LogP contribution in [0.3, 0.4) is 0 Å². The monoisotopic (exact) mass is 264 g/mol. The van der Waals surface area contributed by atoms with Gasteiger partial charge in [-0.25, -0.2) is 0 Å². The molecule has 19 heavy (non-hydrogen) atoms. The van der Waals surface area contributed by atoms with Crippen molar-refractivity contribution in [3.8, 4) is 5.75 Å². The van der Waals surface area contributed by atoms with Gasteiger partial charge in [0.15, 0.2) is 6.29 Å². The second-order valence-corrected chi connectivity index (χ2v) is 5.12. The molecule has 4 nitrogen and oxygen atoms in total. The summed E-state index contributed by atoms with van der Waals surface area (Å²) in [6.07, 6.45) is 0.635. The van der Waals surface area contributed by atoms with E-state index in [-0.39, 0.29) is 24.6 Å². The summed E-state index contributed by atoms with van der Waals surface area (Å²) in [5.41, 5.74) is 1.14. The molecule has 0 N–H and O–H groups in total. The van der Waals surface area contributed by atoms with Gasteiger partial charge in [0.1, 0.15) is 24.1 Å². The Morgan fingerprint density at radius 1 is 1.21 bits per heavy atom. The fraction of sp³-hybridized carbons (Fsp3) is 0.600. The van der Waals surface area contributed by atoms with Gasteiger partial charge in [0.25, 0.3) is 0 Å². The molecule has 2 saturated heterocycles. The molecule has 1 aromatic rings. The molecule has 2 fully saturated rings. The molecule has 104 valence electrons. The van der Waals surface area contributed by atoms with Crippen LogP contribution in [0.4, 0.5) is 0 Å². The first-order chi connectivity index (χ1) is 9.24. The van der Waals surface area contributed by atoms with E-state index in [0.717, 1.165) is 17.7 Å². The topological polar surface area (TPSA) is 36.9 Å². The molecule has 0 aromatic heterocycles. The Bertz CT molecular complexity index is 434. The van der Waals surface area contributed by atoms with Gasteiger partial charge in [-0.2, -0.15) is 0 Å². The predicted molar refractivity (Wildman–Crippen MR) is 70.2 cm³/mol. The lowest BCUT2D eigenvalue weighted by Gasteiger charge is -2.42. The Morgan fingerprint density at radius 2 is 2.05 bits per heavy atom. The number of para-hydroxylation sites is 1. The Balaban J connectivity index is 1.74. The number of rotatable bonds is 2. The third-order valence-corrected chi connectivity index (χ3v) is 3.68. The molecular formula is C15H20O4. The number of fused-ring (bicyclic) bond motifs is 1. The first kappa shape index (κ1) is 12.9. The summed E-state index contributed by atoms with van der Waals surface area (Å²) in [6, 6.07) is 8.07. The van der Waals surface area contributed by atoms with Crippen molar-refractivity contribution in [2.75, 3.05) is 13.2 Å². The van der Waals surface area contributed by atoms with E-state index >= 15 is 0 Å². The molecule has 1 aromatic carbocycles. The quantitative estimate of drug-likeness (QED) is 0.821. The van der Waals surface area contributed by atoms with Crippen molar-refractivity contribution in [1.82, 2.24) is 0 Å². The fourth-order valence-electron chi connectivity index (χ4n) is 2.62. The highest BCUT2D eigenvalue weighted by molar-refractivity contribution is 5.32. The number of ether oxygens (including phenoxy) is 4. The lowest BCUT2D eigenvalue weighted by Crippen LogP contribution is -2.55. The predicted octanol–water partition coefficient (Wildman–Crippen LogP) is 2.29. The van der Waals surface area contributed by atoms with Gasteiger partial charge in [-0.15, -0.1) is 0 Å². The molecule has 2 aliphatic heterocycles. The minimum Gasteiger partial charge on any atom is -0.487 e. The van der Waals surface area contributed by atoms with Gasteiger partial charge in [0.2, 0.25) is 0 Å². The Morgan fingerprint density at radius 3 is 2.89 bits per heavy atom. The summed E-state index contributed by atoms with van der Waals surface area (Å²) in [4.78, 5) is 0. The summed E-state index contributed by atoms with van der Waals surface area (Å²) in [7, 11) is 0. The van der Waals surface area contributed by atoms with E-state index < -0.39 is 0 Å². The maximum absolute atomic E-state index is 6.14. The summed E-state index contributed by atoms with van der Waals surface area (Å²) in [5, 5.41) is 0. The summed E-state index contributed by atoms with van der Waals surface area (Å²) in [5.74, 6) is 0.927. The summed E-state index contributed by atoms with van der Waals surface area (Å²) < 4.78 is 23.2. The first-order valence-electron chi connectivity index (χ1n) is 6.85. The van der Waals surface area contributed by atoms with Gasteiger partial charge in [-0.3, -0.25) is 0 Å².